The smallest absolute Gasteiger partial charge is 0.0578 e. The van der Waals surface area contributed by atoms with Crippen molar-refractivity contribution in [2.24, 2.45) is 0 Å². The number of allylic oxidation sites excluding steroid dienone is 3. The molecule has 11 heavy (non-hydrogen) atoms. The number of rotatable bonds is 0. The van der Waals surface area contributed by atoms with Crippen LogP contribution in [0.5, 0.6) is 0 Å². The van der Waals surface area contributed by atoms with Crippen molar-refractivity contribution in [3.8, 4) is 11.8 Å². The zero-order valence-corrected chi connectivity index (χ0v) is 7.79. The maximum absolute atomic E-state index is 3.12. The fourth-order valence-corrected chi connectivity index (χ4v) is 1.51. The summed E-state index contributed by atoms with van der Waals surface area (Å²) in [7, 11) is 0. The monoisotopic (exact) mass is 164 g/mol. The van der Waals surface area contributed by atoms with Gasteiger partial charge in [0.25, 0.3) is 0 Å². The Morgan fingerprint density at radius 3 is 3.00 bits per heavy atom. The van der Waals surface area contributed by atoms with Gasteiger partial charge in [-0.2, -0.15) is 0 Å². The molecule has 0 aromatic rings. The SMILES string of the molecule is CCC#CC1=CCC(C)=CS1. The lowest BCUT2D eigenvalue weighted by Crippen LogP contribution is -1.81. The quantitative estimate of drug-likeness (QED) is 0.495. The van der Waals surface area contributed by atoms with Gasteiger partial charge in [0.05, 0.1) is 4.91 Å². The standard InChI is InChI=1S/C10H12S/c1-3-4-5-10-7-6-9(2)8-11-10/h7-8H,3,6H2,1-2H3. The fraction of sp³-hybridized carbons (Fsp3) is 0.400. The molecule has 0 N–H and O–H groups in total. The molecule has 0 spiro atoms. The molecule has 0 unspecified atom stereocenters. The van der Waals surface area contributed by atoms with Gasteiger partial charge in [-0.05, 0) is 18.8 Å². The minimum atomic E-state index is 0.945. The van der Waals surface area contributed by atoms with Gasteiger partial charge in [0.1, 0.15) is 0 Å². The summed E-state index contributed by atoms with van der Waals surface area (Å²) in [5.74, 6) is 6.19. The molecule has 1 rings (SSSR count). The summed E-state index contributed by atoms with van der Waals surface area (Å²) in [6, 6.07) is 0. The van der Waals surface area contributed by atoms with E-state index in [0.717, 1.165) is 12.8 Å². The van der Waals surface area contributed by atoms with Crippen LogP contribution in [-0.2, 0) is 0 Å². The third-order valence-corrected chi connectivity index (χ3v) is 2.43. The maximum Gasteiger partial charge on any atom is 0.0578 e. The van der Waals surface area contributed by atoms with E-state index in [9.17, 15) is 0 Å². The van der Waals surface area contributed by atoms with E-state index in [4.69, 9.17) is 0 Å². The van der Waals surface area contributed by atoms with Crippen molar-refractivity contribution >= 4 is 11.8 Å². The largest absolute Gasteiger partial charge is 0.0976 e. The zero-order chi connectivity index (χ0) is 8.10. The minimum absolute atomic E-state index is 0.945. The highest BCUT2D eigenvalue weighted by Gasteiger charge is 1.98. The molecule has 1 heterocycles. The van der Waals surface area contributed by atoms with Crippen LogP contribution in [0.15, 0.2) is 22.0 Å². The van der Waals surface area contributed by atoms with Crippen molar-refractivity contribution in [2.45, 2.75) is 26.7 Å². The molecule has 58 valence electrons. The van der Waals surface area contributed by atoms with Crippen LogP contribution in [0, 0.1) is 11.8 Å². The maximum atomic E-state index is 3.12. The lowest BCUT2D eigenvalue weighted by atomic mass is 10.2. The van der Waals surface area contributed by atoms with Gasteiger partial charge < -0.3 is 0 Å². The van der Waals surface area contributed by atoms with Crippen molar-refractivity contribution < 1.29 is 0 Å². The number of hydrogen-bond acceptors (Lipinski definition) is 1. The first-order valence-electron chi connectivity index (χ1n) is 3.84. The summed E-state index contributed by atoms with van der Waals surface area (Å²) in [5, 5.41) is 2.18. The van der Waals surface area contributed by atoms with Crippen molar-refractivity contribution in [3.63, 3.8) is 0 Å². The van der Waals surface area contributed by atoms with E-state index in [1.165, 1.54) is 10.5 Å². The van der Waals surface area contributed by atoms with E-state index < -0.39 is 0 Å². The van der Waals surface area contributed by atoms with Gasteiger partial charge in [0.15, 0.2) is 0 Å². The molecule has 0 atom stereocenters. The summed E-state index contributed by atoms with van der Waals surface area (Å²) < 4.78 is 0. The van der Waals surface area contributed by atoms with E-state index in [2.05, 4.69) is 37.2 Å². The molecule has 1 aliphatic rings. The lowest BCUT2D eigenvalue weighted by Gasteiger charge is -2.03. The number of hydrogen-bond donors (Lipinski definition) is 0. The number of thioether (sulfide) groups is 1. The molecule has 0 nitrogen and oxygen atoms in total. The van der Waals surface area contributed by atoms with E-state index >= 15 is 0 Å². The van der Waals surface area contributed by atoms with Gasteiger partial charge in [-0.25, -0.2) is 0 Å². The average Bonchev–Trinajstić information content (AvgIpc) is 2.04. The molecular weight excluding hydrogens is 152 g/mol. The molecular formula is C10H12S. The molecule has 0 amide bonds. The van der Waals surface area contributed by atoms with Crippen LogP contribution in [-0.4, -0.2) is 0 Å². The Kier molecular flexibility index (Phi) is 3.32. The van der Waals surface area contributed by atoms with Crippen molar-refractivity contribution in [2.75, 3.05) is 0 Å². The summed E-state index contributed by atoms with van der Waals surface area (Å²) in [4.78, 5) is 1.21. The second kappa shape index (κ2) is 4.31. The average molecular weight is 164 g/mol. The van der Waals surface area contributed by atoms with Gasteiger partial charge in [-0.15, -0.1) is 0 Å². The first kappa shape index (κ1) is 8.49. The first-order valence-corrected chi connectivity index (χ1v) is 4.72. The molecule has 0 bridgehead atoms. The van der Waals surface area contributed by atoms with Gasteiger partial charge in [-0.3, -0.25) is 0 Å². The second-order valence-corrected chi connectivity index (χ2v) is 3.42. The van der Waals surface area contributed by atoms with Crippen molar-refractivity contribution in [1.82, 2.24) is 0 Å². The van der Waals surface area contributed by atoms with Crippen LogP contribution < -0.4 is 0 Å². The Balaban J connectivity index is 2.52. The zero-order valence-electron chi connectivity index (χ0n) is 6.98. The lowest BCUT2D eigenvalue weighted by molar-refractivity contribution is 1.21. The van der Waals surface area contributed by atoms with Crippen LogP contribution in [0.25, 0.3) is 0 Å². The molecule has 0 fully saturated rings. The normalized spacial score (nSPS) is 16.2. The van der Waals surface area contributed by atoms with Gasteiger partial charge in [0, 0.05) is 6.42 Å². The van der Waals surface area contributed by atoms with Crippen LogP contribution in [0.1, 0.15) is 26.7 Å². The highest BCUT2D eigenvalue weighted by Crippen LogP contribution is 2.25. The van der Waals surface area contributed by atoms with Crippen LogP contribution in [0.3, 0.4) is 0 Å². The molecule has 1 aliphatic heterocycles. The Bertz CT molecular complexity index is 248. The Morgan fingerprint density at radius 2 is 2.45 bits per heavy atom. The predicted molar refractivity (Wildman–Crippen MR) is 52.1 cm³/mol. The predicted octanol–water partition coefficient (Wildman–Crippen LogP) is 3.32. The first-order chi connectivity index (χ1) is 5.33. The van der Waals surface area contributed by atoms with Crippen molar-refractivity contribution in [3.05, 3.63) is 22.0 Å². The van der Waals surface area contributed by atoms with Crippen LogP contribution in [0.4, 0.5) is 0 Å². The molecule has 1 heteroatoms. The van der Waals surface area contributed by atoms with E-state index in [1.807, 2.05) is 0 Å². The van der Waals surface area contributed by atoms with E-state index in [-0.39, 0.29) is 0 Å². The highest BCUT2D eigenvalue weighted by atomic mass is 32.2. The Labute approximate surface area is 72.8 Å². The topological polar surface area (TPSA) is 0 Å². The summed E-state index contributed by atoms with van der Waals surface area (Å²) in [6.07, 6.45) is 4.21. The third-order valence-electron chi connectivity index (χ3n) is 1.38. The van der Waals surface area contributed by atoms with Gasteiger partial charge >= 0.3 is 0 Å². The summed E-state index contributed by atoms with van der Waals surface area (Å²) in [6.45, 7) is 4.22. The van der Waals surface area contributed by atoms with Gasteiger partial charge in [-0.1, -0.05) is 42.2 Å². The molecule has 0 radical (unpaired) electrons. The molecule has 0 saturated carbocycles. The van der Waals surface area contributed by atoms with Crippen molar-refractivity contribution in [1.29, 1.82) is 0 Å². The second-order valence-electron chi connectivity index (χ2n) is 2.51. The third kappa shape index (κ3) is 2.86. The highest BCUT2D eigenvalue weighted by molar-refractivity contribution is 8.06. The summed E-state index contributed by atoms with van der Waals surface area (Å²) >= 11 is 1.74. The molecule has 0 aromatic heterocycles. The fourth-order valence-electron chi connectivity index (χ4n) is 0.770. The Hall–Kier alpha value is -0.610. The van der Waals surface area contributed by atoms with Crippen LogP contribution in [0.2, 0.25) is 0 Å². The van der Waals surface area contributed by atoms with E-state index in [0.29, 0.717) is 0 Å². The molecule has 0 aliphatic carbocycles. The van der Waals surface area contributed by atoms with E-state index in [1.54, 1.807) is 11.8 Å². The summed E-state index contributed by atoms with van der Waals surface area (Å²) in [5.41, 5.74) is 1.43. The van der Waals surface area contributed by atoms with Crippen LogP contribution >= 0.6 is 11.8 Å². The minimum Gasteiger partial charge on any atom is -0.0976 e. The molecule has 0 saturated heterocycles. The molecule has 0 aromatic carbocycles. The van der Waals surface area contributed by atoms with Gasteiger partial charge in [0.2, 0.25) is 0 Å². The Morgan fingerprint density at radius 1 is 1.64 bits per heavy atom.